The third kappa shape index (κ3) is 4.67. The molecular formula is C17H11F6N5. The quantitative estimate of drug-likeness (QED) is 0.576. The second-order valence-corrected chi connectivity index (χ2v) is 5.54. The van der Waals surface area contributed by atoms with Crippen LogP contribution in [0.5, 0.6) is 0 Å². The van der Waals surface area contributed by atoms with Crippen LogP contribution in [-0.4, -0.2) is 15.2 Å². The van der Waals surface area contributed by atoms with Crippen LogP contribution in [0.25, 0.3) is 0 Å². The molecule has 3 rings (SSSR count). The highest BCUT2D eigenvalue weighted by atomic mass is 19.4. The average molecular weight is 399 g/mol. The number of aromatic nitrogens is 3. The summed E-state index contributed by atoms with van der Waals surface area (Å²) < 4.78 is 77.5. The molecule has 2 aromatic carbocycles. The molecule has 0 aliphatic rings. The normalized spacial score (nSPS) is 11.9. The van der Waals surface area contributed by atoms with E-state index in [1.165, 1.54) is 30.3 Å². The highest BCUT2D eigenvalue weighted by Gasteiger charge is 2.33. The van der Waals surface area contributed by atoms with Gasteiger partial charge in [0.2, 0.25) is 5.95 Å². The molecule has 2 N–H and O–H groups in total. The molecular weight excluding hydrogens is 388 g/mol. The van der Waals surface area contributed by atoms with Gasteiger partial charge >= 0.3 is 12.4 Å². The van der Waals surface area contributed by atoms with E-state index in [1.807, 2.05) is 0 Å². The summed E-state index contributed by atoms with van der Waals surface area (Å²) >= 11 is 0. The van der Waals surface area contributed by atoms with E-state index in [0.29, 0.717) is 0 Å². The lowest BCUT2D eigenvalue weighted by molar-refractivity contribution is -0.138. The van der Waals surface area contributed by atoms with Gasteiger partial charge in [0.25, 0.3) is 0 Å². The Kier molecular flexibility index (Phi) is 5.08. The molecule has 0 atom stereocenters. The summed E-state index contributed by atoms with van der Waals surface area (Å²) in [4.78, 5) is 3.93. The first-order chi connectivity index (χ1) is 13.1. The van der Waals surface area contributed by atoms with Crippen LogP contribution in [0, 0.1) is 0 Å². The maximum Gasteiger partial charge on any atom is 0.418 e. The van der Waals surface area contributed by atoms with Gasteiger partial charge in [0, 0.05) is 5.69 Å². The van der Waals surface area contributed by atoms with Crippen molar-refractivity contribution in [3.63, 3.8) is 0 Å². The fourth-order valence-corrected chi connectivity index (χ4v) is 2.30. The van der Waals surface area contributed by atoms with E-state index in [0.717, 1.165) is 24.4 Å². The van der Waals surface area contributed by atoms with Gasteiger partial charge in [-0.2, -0.15) is 36.4 Å². The second kappa shape index (κ2) is 7.33. The lowest BCUT2D eigenvalue weighted by Crippen LogP contribution is -2.10. The highest BCUT2D eigenvalue weighted by Crippen LogP contribution is 2.35. The van der Waals surface area contributed by atoms with Gasteiger partial charge in [-0.3, -0.25) is 0 Å². The van der Waals surface area contributed by atoms with E-state index in [2.05, 4.69) is 25.8 Å². The Morgan fingerprint density at radius 3 is 2.25 bits per heavy atom. The Morgan fingerprint density at radius 1 is 0.786 bits per heavy atom. The molecule has 1 heterocycles. The molecule has 0 saturated heterocycles. The highest BCUT2D eigenvalue weighted by molar-refractivity contribution is 5.62. The Labute approximate surface area is 154 Å². The van der Waals surface area contributed by atoms with Crippen LogP contribution in [0.15, 0.2) is 54.7 Å². The number of anilines is 4. The molecule has 0 aliphatic carbocycles. The zero-order valence-corrected chi connectivity index (χ0v) is 13.8. The summed E-state index contributed by atoms with van der Waals surface area (Å²) in [7, 11) is 0. The lowest BCUT2D eigenvalue weighted by atomic mass is 10.1. The standard InChI is InChI=1S/C17H11F6N5/c18-16(19,20)10-4-3-5-11(8-10)25-15-27-14(9-24-28-15)26-13-7-2-1-6-12(13)17(21,22)23/h1-9H,(H2,25,26,27,28). The Bertz CT molecular complexity index is 970. The fraction of sp³-hybridized carbons (Fsp3) is 0.118. The molecule has 0 saturated carbocycles. The third-order valence-corrected chi connectivity index (χ3v) is 3.50. The Balaban J connectivity index is 1.83. The molecule has 0 radical (unpaired) electrons. The van der Waals surface area contributed by atoms with Gasteiger partial charge < -0.3 is 10.6 Å². The number of alkyl halides is 6. The number of rotatable bonds is 4. The number of halogens is 6. The van der Waals surface area contributed by atoms with Crippen LogP contribution in [0.1, 0.15) is 11.1 Å². The molecule has 5 nitrogen and oxygen atoms in total. The molecule has 28 heavy (non-hydrogen) atoms. The maximum atomic E-state index is 13.1. The van der Waals surface area contributed by atoms with E-state index in [1.54, 1.807) is 0 Å². The number of para-hydroxylation sites is 1. The summed E-state index contributed by atoms with van der Waals surface area (Å²) in [6, 6.07) is 9.07. The first-order valence-corrected chi connectivity index (χ1v) is 7.70. The van der Waals surface area contributed by atoms with Gasteiger partial charge in [-0.05, 0) is 30.3 Å². The largest absolute Gasteiger partial charge is 0.418 e. The van der Waals surface area contributed by atoms with Crippen molar-refractivity contribution in [3.8, 4) is 0 Å². The summed E-state index contributed by atoms with van der Waals surface area (Å²) in [6.07, 6.45) is -8.02. The van der Waals surface area contributed by atoms with Crippen molar-refractivity contribution in [2.24, 2.45) is 0 Å². The fourth-order valence-electron chi connectivity index (χ4n) is 2.30. The molecule has 146 valence electrons. The van der Waals surface area contributed by atoms with Gasteiger partial charge in [0.05, 0.1) is 23.0 Å². The van der Waals surface area contributed by atoms with Gasteiger partial charge in [-0.15, -0.1) is 5.10 Å². The van der Waals surface area contributed by atoms with Crippen LogP contribution >= 0.6 is 0 Å². The maximum absolute atomic E-state index is 13.1. The van der Waals surface area contributed by atoms with Crippen LogP contribution in [0.3, 0.4) is 0 Å². The SMILES string of the molecule is FC(F)(F)c1cccc(Nc2nncc(Nc3ccccc3C(F)(F)F)n2)c1. The van der Waals surface area contributed by atoms with Crippen molar-refractivity contribution in [2.45, 2.75) is 12.4 Å². The number of nitrogens with one attached hydrogen (secondary N) is 2. The molecule has 0 bridgehead atoms. The number of hydrogen-bond acceptors (Lipinski definition) is 5. The number of nitrogens with zero attached hydrogens (tertiary/aromatic N) is 3. The second-order valence-electron chi connectivity index (χ2n) is 5.54. The van der Waals surface area contributed by atoms with Crippen LogP contribution < -0.4 is 10.6 Å². The van der Waals surface area contributed by atoms with E-state index in [9.17, 15) is 26.3 Å². The van der Waals surface area contributed by atoms with Crippen molar-refractivity contribution in [2.75, 3.05) is 10.6 Å². The van der Waals surface area contributed by atoms with Crippen molar-refractivity contribution in [1.29, 1.82) is 0 Å². The van der Waals surface area contributed by atoms with Gasteiger partial charge in [0.1, 0.15) is 0 Å². The van der Waals surface area contributed by atoms with E-state index in [-0.39, 0.29) is 23.1 Å². The minimum atomic E-state index is -4.58. The summed E-state index contributed by atoms with van der Waals surface area (Å²) in [5, 5.41) is 12.3. The smallest absolute Gasteiger partial charge is 0.338 e. The molecule has 1 aromatic heterocycles. The van der Waals surface area contributed by atoms with Gasteiger partial charge in [0.15, 0.2) is 5.82 Å². The average Bonchev–Trinajstić information content (AvgIpc) is 2.61. The molecule has 0 amide bonds. The molecule has 11 heteroatoms. The minimum absolute atomic E-state index is 0.0458. The first kappa shape index (κ1) is 19.4. The van der Waals surface area contributed by atoms with Crippen molar-refractivity contribution in [1.82, 2.24) is 15.2 Å². The van der Waals surface area contributed by atoms with Crippen molar-refractivity contribution >= 4 is 23.1 Å². The summed E-state index contributed by atoms with van der Waals surface area (Å²) in [6.45, 7) is 0. The van der Waals surface area contributed by atoms with Crippen LogP contribution in [0.4, 0.5) is 49.5 Å². The number of hydrogen-bond donors (Lipinski definition) is 2. The number of benzene rings is 2. The predicted octanol–water partition coefficient (Wildman–Crippen LogP) is 5.40. The van der Waals surface area contributed by atoms with E-state index < -0.39 is 23.5 Å². The zero-order chi connectivity index (χ0) is 20.4. The Hall–Kier alpha value is -3.37. The molecule has 3 aromatic rings. The van der Waals surface area contributed by atoms with Gasteiger partial charge in [-0.25, -0.2) is 0 Å². The van der Waals surface area contributed by atoms with E-state index in [4.69, 9.17) is 0 Å². The zero-order valence-electron chi connectivity index (χ0n) is 13.8. The van der Waals surface area contributed by atoms with Crippen molar-refractivity contribution in [3.05, 3.63) is 65.9 Å². The lowest BCUT2D eigenvalue weighted by Gasteiger charge is -2.14. The molecule has 0 aliphatic heterocycles. The van der Waals surface area contributed by atoms with Crippen LogP contribution in [0.2, 0.25) is 0 Å². The minimum Gasteiger partial charge on any atom is -0.338 e. The van der Waals surface area contributed by atoms with Crippen molar-refractivity contribution < 1.29 is 26.3 Å². The molecule has 0 fully saturated rings. The van der Waals surface area contributed by atoms with Crippen LogP contribution in [-0.2, 0) is 12.4 Å². The third-order valence-electron chi connectivity index (χ3n) is 3.50. The first-order valence-electron chi connectivity index (χ1n) is 7.70. The van der Waals surface area contributed by atoms with E-state index >= 15 is 0 Å². The Morgan fingerprint density at radius 2 is 1.54 bits per heavy atom. The summed E-state index contributed by atoms with van der Waals surface area (Å²) in [5.74, 6) is -0.255. The molecule has 0 spiro atoms. The summed E-state index contributed by atoms with van der Waals surface area (Å²) in [5.41, 5.74) is -1.98. The topological polar surface area (TPSA) is 62.7 Å². The van der Waals surface area contributed by atoms with Gasteiger partial charge in [-0.1, -0.05) is 18.2 Å². The predicted molar refractivity (Wildman–Crippen MR) is 89.3 cm³/mol. The monoisotopic (exact) mass is 399 g/mol. The molecule has 0 unspecified atom stereocenters.